The molecule has 1 aromatic rings. The number of carboxylic acids is 1. The zero-order valence-electron chi connectivity index (χ0n) is 8.64. The highest BCUT2D eigenvalue weighted by Crippen LogP contribution is 2.20. The van der Waals surface area contributed by atoms with Gasteiger partial charge in [-0.2, -0.15) is 0 Å². The first-order valence-electron chi connectivity index (χ1n) is 5.09. The molecule has 0 amide bonds. The van der Waals surface area contributed by atoms with E-state index < -0.39 is 11.9 Å². The topological polar surface area (TPSA) is 64.3 Å². The molecular formula is C10H14N2O3. The van der Waals surface area contributed by atoms with Crippen molar-refractivity contribution in [2.45, 2.75) is 32.4 Å². The first kappa shape index (κ1) is 10.2. The lowest BCUT2D eigenvalue weighted by Gasteiger charge is -2.13. The second-order valence-corrected chi connectivity index (χ2v) is 3.63. The van der Waals surface area contributed by atoms with Crippen LogP contribution in [-0.2, 0) is 22.7 Å². The summed E-state index contributed by atoms with van der Waals surface area (Å²) in [6, 6.07) is 0. The van der Waals surface area contributed by atoms with E-state index in [0.29, 0.717) is 25.3 Å². The summed E-state index contributed by atoms with van der Waals surface area (Å²) >= 11 is 0. The average Bonchev–Trinajstić information content (AvgIpc) is 2.61. The van der Waals surface area contributed by atoms with Crippen LogP contribution in [0, 0.1) is 0 Å². The Labute approximate surface area is 87.7 Å². The number of ether oxygens (including phenoxy) is 1. The molecule has 0 aromatic carbocycles. The van der Waals surface area contributed by atoms with Crippen molar-refractivity contribution in [3.8, 4) is 0 Å². The Morgan fingerprint density at radius 3 is 3.20 bits per heavy atom. The monoisotopic (exact) mass is 210 g/mol. The van der Waals surface area contributed by atoms with E-state index >= 15 is 0 Å². The number of hydrogen-bond donors (Lipinski definition) is 1. The Hall–Kier alpha value is -1.36. The molecule has 82 valence electrons. The third kappa shape index (κ3) is 1.87. The number of nitrogens with zero attached hydrogens (tertiary/aromatic N) is 2. The minimum Gasteiger partial charge on any atom is -0.481 e. The Balaban J connectivity index is 2.28. The van der Waals surface area contributed by atoms with Crippen LogP contribution in [0.5, 0.6) is 0 Å². The second-order valence-electron chi connectivity index (χ2n) is 3.63. The summed E-state index contributed by atoms with van der Waals surface area (Å²) in [7, 11) is 0. The van der Waals surface area contributed by atoms with E-state index in [-0.39, 0.29) is 0 Å². The van der Waals surface area contributed by atoms with Gasteiger partial charge in [0.15, 0.2) is 0 Å². The quantitative estimate of drug-likeness (QED) is 0.808. The Morgan fingerprint density at radius 1 is 1.80 bits per heavy atom. The number of aliphatic carboxylic acids is 1. The van der Waals surface area contributed by atoms with Crippen LogP contribution >= 0.6 is 0 Å². The van der Waals surface area contributed by atoms with Gasteiger partial charge in [0.2, 0.25) is 0 Å². The van der Waals surface area contributed by atoms with Crippen molar-refractivity contribution in [3.63, 3.8) is 0 Å². The van der Waals surface area contributed by atoms with Gasteiger partial charge in [-0.05, 0) is 6.42 Å². The lowest BCUT2D eigenvalue weighted by molar-refractivity contribution is -0.138. The maximum absolute atomic E-state index is 11.0. The fourth-order valence-corrected chi connectivity index (χ4v) is 1.79. The van der Waals surface area contributed by atoms with Crippen molar-refractivity contribution in [1.29, 1.82) is 0 Å². The molecule has 1 aliphatic rings. The van der Waals surface area contributed by atoms with Crippen LogP contribution in [-0.4, -0.2) is 27.2 Å². The van der Waals surface area contributed by atoms with Crippen molar-refractivity contribution in [1.82, 2.24) is 9.55 Å². The van der Waals surface area contributed by atoms with E-state index in [1.807, 2.05) is 17.7 Å². The number of hydrogen-bond acceptors (Lipinski definition) is 3. The summed E-state index contributed by atoms with van der Waals surface area (Å²) in [6.07, 6.45) is 2.40. The molecule has 2 rings (SSSR count). The molecule has 0 spiro atoms. The largest absolute Gasteiger partial charge is 0.481 e. The van der Waals surface area contributed by atoms with Crippen molar-refractivity contribution < 1.29 is 14.6 Å². The minimum atomic E-state index is -0.811. The van der Waals surface area contributed by atoms with E-state index in [4.69, 9.17) is 9.84 Å². The van der Waals surface area contributed by atoms with Gasteiger partial charge < -0.3 is 14.4 Å². The summed E-state index contributed by atoms with van der Waals surface area (Å²) < 4.78 is 7.23. The highest BCUT2D eigenvalue weighted by Gasteiger charge is 2.23. The summed E-state index contributed by atoms with van der Waals surface area (Å²) in [5.41, 5.74) is 0.644. The summed E-state index contributed by atoms with van der Waals surface area (Å²) in [5, 5.41) is 9.01. The fraction of sp³-hybridized carbons (Fsp3) is 0.600. The van der Waals surface area contributed by atoms with E-state index in [0.717, 1.165) is 12.4 Å². The van der Waals surface area contributed by atoms with Crippen LogP contribution in [0.15, 0.2) is 6.20 Å². The standard InChI is InChI=1S/C10H14N2O3/c1-2-7(10(13)14)8-5-12-3-4-15-6-9(12)11-8/h5,7H,2-4,6H2,1H3,(H,13,14). The van der Waals surface area contributed by atoms with Gasteiger partial charge in [0, 0.05) is 12.7 Å². The molecule has 1 aromatic heterocycles. The van der Waals surface area contributed by atoms with Gasteiger partial charge in [-0.15, -0.1) is 0 Å². The molecule has 2 heterocycles. The number of rotatable bonds is 3. The molecule has 5 heteroatoms. The van der Waals surface area contributed by atoms with Crippen molar-refractivity contribution >= 4 is 5.97 Å². The number of fused-ring (bicyclic) bond motifs is 1. The maximum Gasteiger partial charge on any atom is 0.312 e. The van der Waals surface area contributed by atoms with Gasteiger partial charge in [0.05, 0.1) is 12.3 Å². The Kier molecular flexibility index (Phi) is 2.73. The molecule has 15 heavy (non-hydrogen) atoms. The molecule has 0 aliphatic carbocycles. The molecule has 0 radical (unpaired) electrons. The number of carboxylic acid groups (broad SMARTS) is 1. The number of imidazole rings is 1. The van der Waals surface area contributed by atoms with Gasteiger partial charge >= 0.3 is 5.97 Å². The van der Waals surface area contributed by atoms with Crippen LogP contribution in [0.25, 0.3) is 0 Å². The van der Waals surface area contributed by atoms with Crippen LogP contribution in [0.2, 0.25) is 0 Å². The van der Waals surface area contributed by atoms with E-state index in [1.54, 1.807) is 0 Å². The average molecular weight is 210 g/mol. The summed E-state index contributed by atoms with van der Waals surface area (Å²) in [6.45, 7) is 3.77. The van der Waals surface area contributed by atoms with Gasteiger partial charge in [-0.3, -0.25) is 4.79 Å². The number of aromatic nitrogens is 2. The molecule has 5 nitrogen and oxygen atoms in total. The number of carbonyl (C=O) groups is 1. The summed E-state index contributed by atoms with van der Waals surface area (Å²) in [5.74, 6) is -0.479. The predicted octanol–water partition coefficient (Wildman–Crippen LogP) is 0.992. The second kappa shape index (κ2) is 4.02. The maximum atomic E-state index is 11.0. The molecule has 0 bridgehead atoms. The third-order valence-electron chi connectivity index (χ3n) is 2.65. The Bertz CT molecular complexity index is 349. The molecule has 1 atom stereocenters. The normalized spacial score (nSPS) is 17.1. The highest BCUT2D eigenvalue weighted by atomic mass is 16.5. The van der Waals surface area contributed by atoms with Crippen LogP contribution in [0.4, 0.5) is 0 Å². The van der Waals surface area contributed by atoms with Crippen LogP contribution in [0.1, 0.15) is 30.8 Å². The zero-order valence-corrected chi connectivity index (χ0v) is 8.64. The van der Waals surface area contributed by atoms with E-state index in [1.165, 1.54) is 0 Å². The van der Waals surface area contributed by atoms with Gasteiger partial charge in [0.25, 0.3) is 0 Å². The zero-order chi connectivity index (χ0) is 10.8. The first-order valence-corrected chi connectivity index (χ1v) is 5.09. The smallest absolute Gasteiger partial charge is 0.312 e. The molecule has 1 N–H and O–H groups in total. The van der Waals surface area contributed by atoms with Crippen molar-refractivity contribution in [2.75, 3.05) is 6.61 Å². The molecule has 0 fully saturated rings. The lowest BCUT2D eigenvalue weighted by atomic mass is 10.0. The van der Waals surface area contributed by atoms with Crippen LogP contribution in [0.3, 0.4) is 0 Å². The van der Waals surface area contributed by atoms with Crippen molar-refractivity contribution in [2.24, 2.45) is 0 Å². The predicted molar refractivity (Wildman–Crippen MR) is 52.6 cm³/mol. The van der Waals surface area contributed by atoms with Gasteiger partial charge in [-0.1, -0.05) is 6.92 Å². The fourth-order valence-electron chi connectivity index (χ4n) is 1.79. The first-order chi connectivity index (χ1) is 7.22. The van der Waals surface area contributed by atoms with E-state index in [9.17, 15) is 4.79 Å². The summed E-state index contributed by atoms with van der Waals surface area (Å²) in [4.78, 5) is 15.3. The van der Waals surface area contributed by atoms with E-state index in [2.05, 4.69) is 4.98 Å². The molecule has 0 saturated heterocycles. The highest BCUT2D eigenvalue weighted by molar-refractivity contribution is 5.75. The van der Waals surface area contributed by atoms with Crippen molar-refractivity contribution in [3.05, 3.63) is 17.7 Å². The minimum absolute atomic E-state index is 0.482. The molecule has 0 saturated carbocycles. The molecular weight excluding hydrogens is 196 g/mol. The SMILES string of the molecule is CCC(C(=O)O)c1cn2c(n1)COCC2. The lowest BCUT2D eigenvalue weighted by Crippen LogP contribution is -2.15. The van der Waals surface area contributed by atoms with Gasteiger partial charge in [-0.25, -0.2) is 4.98 Å². The van der Waals surface area contributed by atoms with Crippen LogP contribution < -0.4 is 0 Å². The Morgan fingerprint density at radius 2 is 2.60 bits per heavy atom. The molecule has 1 unspecified atom stereocenters. The molecule has 1 aliphatic heterocycles. The van der Waals surface area contributed by atoms with Gasteiger partial charge in [0.1, 0.15) is 18.3 Å². The third-order valence-corrected chi connectivity index (χ3v) is 2.65.